The van der Waals surface area contributed by atoms with Gasteiger partial charge in [0.15, 0.2) is 23.1 Å². The van der Waals surface area contributed by atoms with Gasteiger partial charge in [0.25, 0.3) is 0 Å². The zero-order chi connectivity index (χ0) is 34.5. The summed E-state index contributed by atoms with van der Waals surface area (Å²) < 4.78 is 33.9. The summed E-state index contributed by atoms with van der Waals surface area (Å²) in [4.78, 5) is 41.6. The topological polar surface area (TPSA) is 205 Å². The number of H-pyrrole nitrogens is 1. The molecule has 49 heavy (non-hydrogen) atoms. The van der Waals surface area contributed by atoms with E-state index in [1.165, 1.54) is 6.92 Å². The first kappa shape index (κ1) is 33.8. The second-order valence-corrected chi connectivity index (χ2v) is 11.8. The fourth-order valence-corrected chi connectivity index (χ4v) is 6.11. The van der Waals surface area contributed by atoms with Crippen molar-refractivity contribution in [1.29, 1.82) is 0 Å². The van der Waals surface area contributed by atoms with E-state index < -0.39 is 48.9 Å². The molecule has 258 valence electrons. The molecule has 6 rings (SSSR count). The van der Waals surface area contributed by atoms with Crippen LogP contribution in [0.4, 0.5) is 9.59 Å². The van der Waals surface area contributed by atoms with E-state index in [0.29, 0.717) is 18.1 Å². The molecule has 1 unspecified atom stereocenters. The minimum Gasteiger partial charge on any atom is -0.441 e. The molecule has 0 saturated carbocycles. The number of nitrogens with two attached hydrogens (primary N) is 1. The molecule has 0 spiro atoms. The summed E-state index contributed by atoms with van der Waals surface area (Å²) in [7, 11) is 0. The maximum Gasteiger partial charge on any atom is 0.511 e. The van der Waals surface area contributed by atoms with Gasteiger partial charge in [-0.2, -0.15) is 5.21 Å². The summed E-state index contributed by atoms with van der Waals surface area (Å²) in [5.74, 6) is 0.266. The molecule has 5 atom stereocenters. The summed E-state index contributed by atoms with van der Waals surface area (Å²) in [6.45, 7) is 3.72. The number of rotatable bonds is 12. The lowest BCUT2D eigenvalue weighted by Crippen LogP contribution is -2.37. The summed E-state index contributed by atoms with van der Waals surface area (Å²) in [5.41, 5.74) is 8.69. The van der Waals surface area contributed by atoms with E-state index in [-0.39, 0.29) is 30.6 Å². The number of nitrogens with zero attached hydrogens (tertiary/aromatic N) is 5. The Morgan fingerprint density at radius 3 is 2.37 bits per heavy atom. The molecule has 4 aromatic rings. The van der Waals surface area contributed by atoms with Crippen molar-refractivity contribution in [1.82, 2.24) is 30.2 Å². The fourth-order valence-electron chi connectivity index (χ4n) is 5.83. The van der Waals surface area contributed by atoms with Gasteiger partial charge < -0.3 is 38.7 Å². The lowest BCUT2D eigenvalue weighted by molar-refractivity contribution is -0.0990. The van der Waals surface area contributed by atoms with E-state index in [1.807, 2.05) is 48.5 Å². The number of nitrogens with one attached hydrogen (secondary N) is 1. The number of fused-ring (bicyclic) bond motifs is 1. The number of aryl methyl sites for hydroxylation is 1. The molecule has 17 heteroatoms. The number of carbonyl (C=O) groups excluding carboxylic acids is 3. The summed E-state index contributed by atoms with van der Waals surface area (Å²) in [6.07, 6.45) is -3.99. The summed E-state index contributed by atoms with van der Waals surface area (Å²) >= 11 is 6.51. The number of halogens is 1. The predicted molar refractivity (Wildman–Crippen MR) is 170 cm³/mol. The first-order valence-electron chi connectivity index (χ1n) is 15.7. The number of aromatic amines is 1. The standard InChI is InChI=1S/C32H34ClN7O9/c1-3-4-9-24-35-28(33)25(30(41)46-17(2)47-32(43)49-23-16-45-26-22(48-31(34)42)15-44-27(23)26)40(24)14-18-10-12-19(13-11-18)20-7-5-6-8-21(20)29-36-38-39-37-29/h5-8,10-13,17,22-23,26-27H,3-4,9,14-16H2,1-2H3,(H2,34,42)(H,36,37,38,39)/t17?,22-,23-,26-,27-/m1/s1. The van der Waals surface area contributed by atoms with Crippen molar-refractivity contribution >= 4 is 29.8 Å². The molecule has 0 radical (unpaired) electrons. The maximum absolute atomic E-state index is 13.5. The van der Waals surface area contributed by atoms with Gasteiger partial charge >= 0.3 is 18.2 Å². The number of aromatic nitrogens is 6. The van der Waals surface area contributed by atoms with Gasteiger partial charge in [-0.05, 0) is 28.3 Å². The van der Waals surface area contributed by atoms with Gasteiger partial charge in [-0.25, -0.2) is 19.4 Å². The Kier molecular flexibility index (Phi) is 10.4. The van der Waals surface area contributed by atoms with Crippen LogP contribution in [0, 0.1) is 0 Å². The molecule has 4 heterocycles. The molecular formula is C32H34ClN7O9. The number of benzene rings is 2. The zero-order valence-electron chi connectivity index (χ0n) is 26.6. The number of ether oxygens (including phenoxy) is 6. The highest BCUT2D eigenvalue weighted by atomic mass is 35.5. The molecule has 16 nitrogen and oxygen atoms in total. The molecule has 1 amide bonds. The highest BCUT2D eigenvalue weighted by Crippen LogP contribution is 2.32. The molecule has 2 aromatic carbocycles. The molecule has 2 aromatic heterocycles. The van der Waals surface area contributed by atoms with Gasteiger partial charge in [0.2, 0.25) is 12.1 Å². The van der Waals surface area contributed by atoms with Crippen LogP contribution < -0.4 is 5.73 Å². The lowest BCUT2D eigenvalue weighted by atomic mass is 9.98. The van der Waals surface area contributed by atoms with Crippen molar-refractivity contribution in [2.75, 3.05) is 13.2 Å². The van der Waals surface area contributed by atoms with Gasteiger partial charge in [0.05, 0.1) is 13.2 Å². The largest absolute Gasteiger partial charge is 0.511 e. The van der Waals surface area contributed by atoms with E-state index in [1.54, 1.807) is 4.57 Å². The quantitative estimate of drug-likeness (QED) is 0.122. The van der Waals surface area contributed by atoms with Gasteiger partial charge in [0.1, 0.15) is 18.0 Å². The summed E-state index contributed by atoms with van der Waals surface area (Å²) in [6, 6.07) is 15.6. The Hall–Kier alpha value is -5.06. The molecule has 2 fully saturated rings. The highest BCUT2D eigenvalue weighted by molar-refractivity contribution is 6.32. The molecule has 0 aliphatic carbocycles. The molecular weight excluding hydrogens is 662 g/mol. The molecule has 2 aliphatic heterocycles. The van der Waals surface area contributed by atoms with Crippen LogP contribution in [0.25, 0.3) is 22.5 Å². The van der Waals surface area contributed by atoms with E-state index in [9.17, 15) is 14.4 Å². The van der Waals surface area contributed by atoms with Crippen molar-refractivity contribution in [2.45, 2.75) is 70.4 Å². The van der Waals surface area contributed by atoms with E-state index >= 15 is 0 Å². The Morgan fingerprint density at radius 1 is 1.02 bits per heavy atom. The number of hydrogen-bond acceptors (Lipinski definition) is 13. The van der Waals surface area contributed by atoms with Crippen LogP contribution in [-0.2, 0) is 41.4 Å². The van der Waals surface area contributed by atoms with Crippen LogP contribution in [0.15, 0.2) is 48.5 Å². The van der Waals surface area contributed by atoms with Gasteiger partial charge in [-0.15, -0.1) is 10.2 Å². The predicted octanol–water partition coefficient (Wildman–Crippen LogP) is 4.06. The van der Waals surface area contributed by atoms with Crippen molar-refractivity contribution in [3.63, 3.8) is 0 Å². The summed E-state index contributed by atoms with van der Waals surface area (Å²) in [5, 5.41) is 14.4. The second kappa shape index (κ2) is 15.0. The monoisotopic (exact) mass is 695 g/mol. The molecule has 2 aliphatic rings. The number of unbranched alkanes of at least 4 members (excludes halogenated alkanes) is 1. The molecule has 2 saturated heterocycles. The van der Waals surface area contributed by atoms with Gasteiger partial charge in [0, 0.05) is 25.5 Å². The number of imidazole rings is 1. The van der Waals surface area contributed by atoms with Crippen LogP contribution in [0.1, 0.15) is 48.6 Å². The number of esters is 1. The number of primary amides is 1. The zero-order valence-corrected chi connectivity index (χ0v) is 27.4. The second-order valence-electron chi connectivity index (χ2n) is 11.4. The van der Waals surface area contributed by atoms with Crippen molar-refractivity contribution in [3.8, 4) is 22.5 Å². The van der Waals surface area contributed by atoms with Crippen LogP contribution >= 0.6 is 11.6 Å². The van der Waals surface area contributed by atoms with Crippen LogP contribution in [0.3, 0.4) is 0 Å². The average molecular weight is 696 g/mol. The Labute approximate surface area is 285 Å². The van der Waals surface area contributed by atoms with Gasteiger partial charge in [-0.3, -0.25) is 0 Å². The van der Waals surface area contributed by atoms with Crippen molar-refractivity contribution in [2.24, 2.45) is 5.73 Å². The van der Waals surface area contributed by atoms with Crippen molar-refractivity contribution in [3.05, 3.63) is 70.8 Å². The number of tetrazole rings is 1. The fraction of sp³-hybridized carbons (Fsp3) is 0.406. The van der Waals surface area contributed by atoms with Crippen molar-refractivity contribution < 1.29 is 42.8 Å². The van der Waals surface area contributed by atoms with E-state index in [0.717, 1.165) is 35.1 Å². The Balaban J connectivity index is 1.12. The van der Waals surface area contributed by atoms with E-state index in [4.69, 9.17) is 45.8 Å². The lowest BCUT2D eigenvalue weighted by Gasteiger charge is -2.19. The minimum absolute atomic E-state index is 0.0150. The highest BCUT2D eigenvalue weighted by Gasteiger charge is 2.51. The number of carbonyl (C=O) groups is 3. The third-order valence-electron chi connectivity index (χ3n) is 8.08. The average Bonchev–Trinajstić information content (AvgIpc) is 3.87. The third kappa shape index (κ3) is 7.66. The maximum atomic E-state index is 13.5. The van der Waals surface area contributed by atoms with Crippen LogP contribution in [0.5, 0.6) is 0 Å². The Bertz CT molecular complexity index is 1780. The number of hydrogen-bond donors (Lipinski definition) is 2. The Morgan fingerprint density at radius 2 is 1.71 bits per heavy atom. The normalized spacial score (nSPS) is 20.4. The first-order chi connectivity index (χ1) is 23.7. The van der Waals surface area contributed by atoms with Crippen LogP contribution in [0.2, 0.25) is 5.15 Å². The number of amides is 1. The SMILES string of the molecule is CCCCc1nc(Cl)c(C(=O)OC(C)OC(=O)O[C@@H]2CO[C@H]3[C@@H]2OC[C@H]3OC(N)=O)n1Cc1ccc(-c2ccccc2-c2nn[nH]n2)cc1. The smallest absolute Gasteiger partial charge is 0.441 e. The van der Waals surface area contributed by atoms with Gasteiger partial charge in [-0.1, -0.05) is 73.5 Å². The minimum atomic E-state index is -1.34. The molecule has 3 N–H and O–H groups in total. The first-order valence-corrected chi connectivity index (χ1v) is 16.0. The van der Waals surface area contributed by atoms with Crippen LogP contribution in [-0.4, -0.2) is 92.3 Å². The van der Waals surface area contributed by atoms with E-state index in [2.05, 4.69) is 32.5 Å². The molecule has 0 bridgehead atoms. The third-order valence-corrected chi connectivity index (χ3v) is 8.35.